The van der Waals surface area contributed by atoms with E-state index in [1.54, 1.807) is 33.1 Å². The predicted octanol–water partition coefficient (Wildman–Crippen LogP) is 3.71. The van der Waals surface area contributed by atoms with E-state index in [1.807, 2.05) is 37.3 Å². The third kappa shape index (κ3) is 5.40. The Hall–Kier alpha value is -4.40. The molecule has 9 nitrogen and oxygen atoms in total. The summed E-state index contributed by atoms with van der Waals surface area (Å²) in [5, 5.41) is 15.5. The van der Waals surface area contributed by atoms with Crippen molar-refractivity contribution >= 4 is 39.7 Å². The lowest BCUT2D eigenvalue weighted by Crippen LogP contribution is -2.48. The van der Waals surface area contributed by atoms with E-state index in [9.17, 15) is 24.3 Å². The van der Waals surface area contributed by atoms with Gasteiger partial charge < -0.3 is 24.6 Å². The molecule has 0 spiro atoms. The van der Waals surface area contributed by atoms with Crippen LogP contribution in [0.3, 0.4) is 0 Å². The molecule has 0 aliphatic carbocycles. The number of hydrogen-bond donors (Lipinski definition) is 3. The van der Waals surface area contributed by atoms with Gasteiger partial charge in [0.25, 0.3) is 0 Å². The zero-order chi connectivity index (χ0) is 26.9. The van der Waals surface area contributed by atoms with Gasteiger partial charge in [-0.25, -0.2) is 9.59 Å². The molecule has 0 radical (unpaired) electrons. The third-order valence-electron chi connectivity index (χ3n) is 6.38. The number of hydrogen-bond acceptors (Lipinski definition) is 6. The molecule has 1 atom stereocenters. The number of nitrogens with one attached hydrogen (secondary N) is 2. The Morgan fingerprint density at radius 1 is 0.973 bits per heavy atom. The van der Waals surface area contributed by atoms with Crippen LogP contribution in [-0.4, -0.2) is 35.5 Å². The Morgan fingerprint density at radius 3 is 2.32 bits per heavy atom. The number of amides is 2. The summed E-state index contributed by atoms with van der Waals surface area (Å²) in [5.74, 6) is -2.68. The molecule has 2 aromatic heterocycles. The number of fused-ring (bicyclic) bond motifs is 2. The molecular weight excluding hydrogens is 476 g/mol. The number of carboxylic acid groups (broad SMARTS) is 1. The Balaban J connectivity index is 1.57. The molecule has 0 saturated heterocycles. The van der Waals surface area contributed by atoms with Crippen molar-refractivity contribution in [3.63, 3.8) is 0 Å². The van der Waals surface area contributed by atoms with Gasteiger partial charge in [0.2, 0.25) is 11.8 Å². The summed E-state index contributed by atoms with van der Waals surface area (Å²) < 4.78 is 11.2. The standard InChI is InChI=1S/C28H28N2O7/c1-14(2)26(27(33)34)30-25(32)12-29-24(31)10-19-16(4)18-9-20-21(17-7-5-15(3)6-8-17)13-36-22(20)11-23(18)37-28(19)35/h5-9,11,13-14,26H,10,12H2,1-4H3,(H,29,31)(H,30,32)(H,33,34). The second-order valence-electron chi connectivity index (χ2n) is 9.43. The van der Waals surface area contributed by atoms with Gasteiger partial charge in [0.05, 0.1) is 24.8 Å². The summed E-state index contributed by atoms with van der Waals surface area (Å²) in [5.41, 5.74) is 4.06. The van der Waals surface area contributed by atoms with Crippen LogP contribution in [0.1, 0.15) is 30.5 Å². The first kappa shape index (κ1) is 25.7. The highest BCUT2D eigenvalue weighted by Gasteiger charge is 2.24. The van der Waals surface area contributed by atoms with Gasteiger partial charge in [0.15, 0.2) is 0 Å². The number of carbonyl (C=O) groups excluding carboxylic acids is 2. The molecule has 3 N–H and O–H groups in total. The normalized spacial score (nSPS) is 12.1. The molecule has 2 amide bonds. The zero-order valence-corrected chi connectivity index (χ0v) is 21.0. The van der Waals surface area contributed by atoms with Crippen LogP contribution in [0, 0.1) is 19.8 Å². The molecule has 2 heterocycles. The molecule has 0 bridgehead atoms. The van der Waals surface area contributed by atoms with Gasteiger partial charge in [-0.15, -0.1) is 0 Å². The van der Waals surface area contributed by atoms with E-state index >= 15 is 0 Å². The highest BCUT2D eigenvalue weighted by Crippen LogP contribution is 2.34. The molecular formula is C28H28N2O7. The van der Waals surface area contributed by atoms with Gasteiger partial charge in [-0.1, -0.05) is 43.7 Å². The minimum absolute atomic E-state index is 0.177. The highest BCUT2D eigenvalue weighted by molar-refractivity contribution is 6.02. The van der Waals surface area contributed by atoms with Crippen molar-refractivity contribution in [3.8, 4) is 11.1 Å². The summed E-state index contributed by atoms with van der Waals surface area (Å²) in [7, 11) is 0. The van der Waals surface area contributed by atoms with Crippen molar-refractivity contribution in [2.75, 3.05) is 6.54 Å². The number of benzene rings is 2. The van der Waals surface area contributed by atoms with Crippen molar-refractivity contribution in [2.45, 2.75) is 40.2 Å². The van der Waals surface area contributed by atoms with Crippen molar-refractivity contribution in [3.05, 3.63) is 69.8 Å². The first-order valence-electron chi connectivity index (χ1n) is 11.9. The van der Waals surface area contributed by atoms with Gasteiger partial charge >= 0.3 is 11.6 Å². The van der Waals surface area contributed by atoms with Crippen LogP contribution in [0.25, 0.3) is 33.1 Å². The van der Waals surface area contributed by atoms with Crippen LogP contribution in [0.5, 0.6) is 0 Å². The first-order valence-corrected chi connectivity index (χ1v) is 11.9. The highest BCUT2D eigenvalue weighted by atomic mass is 16.4. The first-order chi connectivity index (χ1) is 17.5. The molecule has 192 valence electrons. The maximum Gasteiger partial charge on any atom is 0.340 e. The van der Waals surface area contributed by atoms with Crippen LogP contribution in [0.15, 0.2) is 56.3 Å². The van der Waals surface area contributed by atoms with Gasteiger partial charge in [0.1, 0.15) is 17.2 Å². The molecule has 0 aliphatic rings. The number of furan rings is 1. The second-order valence-corrected chi connectivity index (χ2v) is 9.43. The number of carbonyl (C=O) groups is 3. The molecule has 4 aromatic rings. The third-order valence-corrected chi connectivity index (χ3v) is 6.38. The predicted molar refractivity (Wildman–Crippen MR) is 138 cm³/mol. The Kier molecular flexibility index (Phi) is 7.15. The van der Waals surface area contributed by atoms with Gasteiger partial charge in [-0.3, -0.25) is 9.59 Å². The van der Waals surface area contributed by atoms with E-state index in [1.165, 1.54) is 0 Å². The molecule has 0 aliphatic heterocycles. The molecule has 1 unspecified atom stereocenters. The van der Waals surface area contributed by atoms with E-state index in [-0.39, 0.29) is 17.9 Å². The summed E-state index contributed by atoms with van der Waals surface area (Å²) in [6.45, 7) is 6.68. The van der Waals surface area contributed by atoms with E-state index in [4.69, 9.17) is 8.83 Å². The average molecular weight is 505 g/mol. The fraction of sp³-hybridized carbons (Fsp3) is 0.286. The van der Waals surface area contributed by atoms with E-state index < -0.39 is 36.0 Å². The minimum atomic E-state index is -1.16. The Bertz CT molecular complexity index is 1560. The molecule has 9 heteroatoms. The van der Waals surface area contributed by atoms with Crippen LogP contribution >= 0.6 is 0 Å². The van der Waals surface area contributed by atoms with Gasteiger partial charge in [0, 0.05) is 22.4 Å². The molecule has 0 fully saturated rings. The maximum absolute atomic E-state index is 12.7. The van der Waals surface area contributed by atoms with Crippen molar-refractivity contribution < 1.29 is 28.3 Å². The summed E-state index contributed by atoms with van der Waals surface area (Å²) in [6, 6.07) is 10.5. The second kappa shape index (κ2) is 10.3. The summed E-state index contributed by atoms with van der Waals surface area (Å²) >= 11 is 0. The van der Waals surface area contributed by atoms with E-state index in [2.05, 4.69) is 10.6 Å². The molecule has 37 heavy (non-hydrogen) atoms. The minimum Gasteiger partial charge on any atom is -0.480 e. The SMILES string of the molecule is Cc1ccc(-c2coc3cc4oc(=O)c(CC(=O)NCC(=O)NC(C(=O)O)C(C)C)c(C)c4cc23)cc1. The quantitative estimate of drug-likeness (QED) is 0.311. The van der Waals surface area contributed by atoms with Crippen LogP contribution in [-0.2, 0) is 20.8 Å². The number of aryl methyl sites for hydroxylation is 2. The van der Waals surface area contributed by atoms with Crippen molar-refractivity contribution in [1.82, 2.24) is 10.6 Å². The maximum atomic E-state index is 12.7. The Labute approximate surface area is 212 Å². The molecule has 4 rings (SSSR count). The zero-order valence-electron chi connectivity index (χ0n) is 21.0. The fourth-order valence-corrected chi connectivity index (χ4v) is 4.21. The lowest BCUT2D eigenvalue weighted by atomic mass is 9.99. The summed E-state index contributed by atoms with van der Waals surface area (Å²) in [6.07, 6.45) is 1.37. The van der Waals surface area contributed by atoms with Crippen LogP contribution < -0.4 is 16.3 Å². The number of rotatable bonds is 8. The largest absolute Gasteiger partial charge is 0.480 e. The number of aliphatic carboxylic acids is 1. The average Bonchev–Trinajstić information content (AvgIpc) is 3.25. The number of carboxylic acids is 1. The lowest BCUT2D eigenvalue weighted by Gasteiger charge is -2.18. The Morgan fingerprint density at radius 2 is 1.68 bits per heavy atom. The monoisotopic (exact) mass is 504 g/mol. The van der Waals surface area contributed by atoms with Crippen LogP contribution in [0.4, 0.5) is 0 Å². The van der Waals surface area contributed by atoms with Crippen molar-refractivity contribution in [1.29, 1.82) is 0 Å². The molecule has 2 aromatic carbocycles. The lowest BCUT2D eigenvalue weighted by molar-refractivity contribution is -0.143. The van der Waals surface area contributed by atoms with E-state index in [0.717, 1.165) is 22.1 Å². The van der Waals surface area contributed by atoms with Gasteiger partial charge in [-0.05, 0) is 37.0 Å². The smallest absolute Gasteiger partial charge is 0.340 e. The molecule has 0 saturated carbocycles. The van der Waals surface area contributed by atoms with Gasteiger partial charge in [-0.2, -0.15) is 0 Å². The topological polar surface area (TPSA) is 139 Å². The van der Waals surface area contributed by atoms with E-state index in [0.29, 0.717) is 22.1 Å². The van der Waals surface area contributed by atoms with Crippen LogP contribution in [0.2, 0.25) is 0 Å². The van der Waals surface area contributed by atoms with Crippen molar-refractivity contribution in [2.24, 2.45) is 5.92 Å². The fourth-order valence-electron chi connectivity index (χ4n) is 4.21. The summed E-state index contributed by atoms with van der Waals surface area (Å²) in [4.78, 5) is 48.6.